The van der Waals surface area contributed by atoms with Gasteiger partial charge in [0.2, 0.25) is 18.3 Å². The zero-order chi connectivity index (χ0) is 22.0. The first kappa shape index (κ1) is 20.7. The summed E-state index contributed by atoms with van der Waals surface area (Å²) >= 11 is 0. The Morgan fingerprint density at radius 1 is 0.903 bits per heavy atom. The van der Waals surface area contributed by atoms with E-state index in [1.807, 2.05) is 12.1 Å². The van der Waals surface area contributed by atoms with Crippen molar-refractivity contribution in [1.29, 1.82) is 0 Å². The molecule has 2 aromatic rings. The number of cyclic esters (lactones) is 1. The minimum absolute atomic E-state index is 0.128. The summed E-state index contributed by atoms with van der Waals surface area (Å²) in [4.78, 5) is 12.5. The Bertz CT molecular complexity index is 1000. The monoisotopic (exact) mass is 428 g/mol. The first-order chi connectivity index (χ1) is 15.1. The first-order valence-electron chi connectivity index (χ1n) is 9.73. The molecule has 1 saturated heterocycles. The minimum atomic E-state index is -0.341. The highest BCUT2D eigenvalue weighted by Gasteiger charge is 2.32. The summed E-state index contributed by atoms with van der Waals surface area (Å²) in [5, 5.41) is 0. The molecule has 31 heavy (non-hydrogen) atoms. The Morgan fingerprint density at radius 2 is 1.61 bits per heavy atom. The van der Waals surface area contributed by atoms with Crippen molar-refractivity contribution in [1.82, 2.24) is 0 Å². The number of carbonyl (C=O) groups is 1. The van der Waals surface area contributed by atoms with Gasteiger partial charge in [0.15, 0.2) is 23.0 Å². The number of benzene rings is 2. The molecule has 0 saturated carbocycles. The summed E-state index contributed by atoms with van der Waals surface area (Å²) in [6, 6.07) is 7.39. The third kappa shape index (κ3) is 3.93. The number of rotatable bonds is 7. The van der Waals surface area contributed by atoms with E-state index in [4.69, 9.17) is 33.2 Å². The molecule has 1 fully saturated rings. The molecule has 8 heteroatoms. The van der Waals surface area contributed by atoms with Crippen LogP contribution in [0.4, 0.5) is 0 Å². The first-order valence-corrected chi connectivity index (χ1v) is 9.73. The van der Waals surface area contributed by atoms with Gasteiger partial charge >= 0.3 is 5.97 Å². The number of hydrogen-bond acceptors (Lipinski definition) is 8. The molecular formula is C23H24O8. The second-order valence-corrected chi connectivity index (χ2v) is 7.09. The molecule has 0 aromatic heterocycles. The molecule has 0 N–H and O–H groups in total. The van der Waals surface area contributed by atoms with E-state index in [0.29, 0.717) is 53.1 Å². The third-order valence-corrected chi connectivity index (χ3v) is 5.30. The van der Waals surface area contributed by atoms with Crippen LogP contribution in [-0.2, 0) is 16.0 Å². The normalized spacial score (nSPS) is 18.1. The van der Waals surface area contributed by atoms with Crippen molar-refractivity contribution in [2.45, 2.75) is 6.42 Å². The smallest absolute Gasteiger partial charge is 0.334 e. The summed E-state index contributed by atoms with van der Waals surface area (Å²) in [6.07, 6.45) is 2.38. The van der Waals surface area contributed by atoms with Crippen LogP contribution < -0.4 is 28.4 Å². The number of hydrogen-bond donors (Lipinski definition) is 0. The molecule has 2 aliphatic rings. The van der Waals surface area contributed by atoms with Gasteiger partial charge in [0.1, 0.15) is 0 Å². The van der Waals surface area contributed by atoms with Crippen molar-refractivity contribution in [3.8, 4) is 34.5 Å². The second kappa shape index (κ2) is 8.67. The SMILES string of the molecule is COc1cc(/C=C2/C(=O)OCC2Cc2cc(OC)c3c(c2)OCO3)cc(OC)c1OC. The van der Waals surface area contributed by atoms with Gasteiger partial charge < -0.3 is 33.2 Å². The van der Waals surface area contributed by atoms with E-state index in [-0.39, 0.29) is 18.7 Å². The maximum absolute atomic E-state index is 12.5. The summed E-state index contributed by atoms with van der Waals surface area (Å²) in [6.45, 7) is 0.457. The summed E-state index contributed by atoms with van der Waals surface area (Å²) < 4.78 is 37.9. The second-order valence-electron chi connectivity index (χ2n) is 7.09. The molecule has 2 heterocycles. The van der Waals surface area contributed by atoms with Crippen LogP contribution in [-0.4, -0.2) is 47.8 Å². The van der Waals surface area contributed by atoms with Crippen LogP contribution in [0, 0.1) is 5.92 Å². The van der Waals surface area contributed by atoms with Crippen LogP contribution in [0.15, 0.2) is 29.8 Å². The summed E-state index contributed by atoms with van der Waals surface area (Å²) in [5.41, 5.74) is 2.28. The van der Waals surface area contributed by atoms with Crippen molar-refractivity contribution in [2.24, 2.45) is 5.92 Å². The van der Waals surface area contributed by atoms with Gasteiger partial charge in [0, 0.05) is 11.5 Å². The van der Waals surface area contributed by atoms with Crippen molar-refractivity contribution in [2.75, 3.05) is 41.8 Å². The van der Waals surface area contributed by atoms with Crippen LogP contribution in [0.5, 0.6) is 34.5 Å². The fourth-order valence-corrected chi connectivity index (χ4v) is 3.81. The lowest BCUT2D eigenvalue weighted by Gasteiger charge is -2.14. The third-order valence-electron chi connectivity index (χ3n) is 5.30. The topological polar surface area (TPSA) is 81.7 Å². The van der Waals surface area contributed by atoms with Gasteiger partial charge in [-0.25, -0.2) is 4.79 Å². The highest BCUT2D eigenvalue weighted by Crippen LogP contribution is 2.43. The van der Waals surface area contributed by atoms with Gasteiger partial charge in [0.05, 0.1) is 35.0 Å². The summed E-state index contributed by atoms with van der Waals surface area (Å²) in [5.74, 6) is 2.88. The van der Waals surface area contributed by atoms with E-state index in [0.717, 1.165) is 11.1 Å². The van der Waals surface area contributed by atoms with Gasteiger partial charge in [-0.2, -0.15) is 0 Å². The number of ether oxygens (including phenoxy) is 7. The van der Waals surface area contributed by atoms with Gasteiger partial charge in [-0.1, -0.05) is 0 Å². The largest absolute Gasteiger partial charge is 0.493 e. The maximum atomic E-state index is 12.5. The lowest BCUT2D eigenvalue weighted by atomic mass is 9.92. The minimum Gasteiger partial charge on any atom is -0.493 e. The molecule has 0 amide bonds. The molecule has 2 aliphatic heterocycles. The van der Waals surface area contributed by atoms with Crippen LogP contribution in [0.1, 0.15) is 11.1 Å². The Labute approximate surface area is 180 Å². The van der Waals surface area contributed by atoms with Crippen molar-refractivity contribution < 1.29 is 38.0 Å². The molecule has 8 nitrogen and oxygen atoms in total. The molecule has 0 radical (unpaired) electrons. The highest BCUT2D eigenvalue weighted by atomic mass is 16.7. The average Bonchev–Trinajstić information content (AvgIpc) is 3.39. The summed E-state index contributed by atoms with van der Waals surface area (Å²) in [7, 11) is 6.23. The van der Waals surface area contributed by atoms with Crippen LogP contribution in [0.25, 0.3) is 6.08 Å². The molecule has 0 bridgehead atoms. The molecule has 164 valence electrons. The standard InChI is InChI=1S/C23H24O8/c1-25-17-8-14(9-18(26-2)21(17)28-4)6-16-15(11-29-23(16)24)5-13-7-19(27-3)22-20(10-13)30-12-31-22/h6-10,15H,5,11-12H2,1-4H3/b16-6+. The van der Waals surface area contributed by atoms with Crippen molar-refractivity contribution in [3.05, 3.63) is 41.0 Å². The average molecular weight is 428 g/mol. The Kier molecular flexibility index (Phi) is 5.79. The number of carbonyl (C=O) groups excluding carboxylic acids is 1. The molecule has 2 aromatic carbocycles. The highest BCUT2D eigenvalue weighted by molar-refractivity contribution is 5.96. The Balaban J connectivity index is 1.66. The molecule has 4 rings (SSSR count). The van der Waals surface area contributed by atoms with Gasteiger partial charge in [-0.05, 0) is 47.9 Å². The number of methoxy groups -OCH3 is 4. The Hall–Kier alpha value is -3.55. The predicted molar refractivity (Wildman–Crippen MR) is 111 cm³/mol. The molecule has 0 spiro atoms. The molecule has 1 atom stereocenters. The van der Waals surface area contributed by atoms with Gasteiger partial charge in [-0.3, -0.25) is 0 Å². The molecule has 1 unspecified atom stereocenters. The Morgan fingerprint density at radius 3 is 2.26 bits per heavy atom. The lowest BCUT2D eigenvalue weighted by Crippen LogP contribution is -2.08. The van der Waals surface area contributed by atoms with Crippen LogP contribution >= 0.6 is 0 Å². The van der Waals surface area contributed by atoms with Gasteiger partial charge in [0.25, 0.3) is 0 Å². The van der Waals surface area contributed by atoms with Crippen molar-refractivity contribution in [3.63, 3.8) is 0 Å². The maximum Gasteiger partial charge on any atom is 0.334 e. The zero-order valence-corrected chi connectivity index (χ0v) is 17.9. The fraction of sp³-hybridized carbons (Fsp3) is 0.348. The van der Waals surface area contributed by atoms with E-state index in [1.54, 1.807) is 46.6 Å². The lowest BCUT2D eigenvalue weighted by molar-refractivity contribution is -0.135. The van der Waals surface area contributed by atoms with Gasteiger partial charge in [-0.15, -0.1) is 0 Å². The number of fused-ring (bicyclic) bond motifs is 1. The van der Waals surface area contributed by atoms with E-state index < -0.39 is 0 Å². The zero-order valence-electron chi connectivity index (χ0n) is 17.9. The van der Waals surface area contributed by atoms with E-state index in [9.17, 15) is 4.79 Å². The number of esters is 1. The van der Waals surface area contributed by atoms with E-state index in [2.05, 4.69) is 0 Å². The van der Waals surface area contributed by atoms with Crippen molar-refractivity contribution >= 4 is 12.0 Å². The fourth-order valence-electron chi connectivity index (χ4n) is 3.81. The van der Waals surface area contributed by atoms with E-state index >= 15 is 0 Å². The predicted octanol–water partition coefficient (Wildman–Crippen LogP) is 3.25. The quantitative estimate of drug-likeness (QED) is 0.491. The van der Waals surface area contributed by atoms with E-state index in [1.165, 1.54) is 0 Å². The molecular weight excluding hydrogens is 404 g/mol. The molecule has 0 aliphatic carbocycles. The van der Waals surface area contributed by atoms with Crippen LogP contribution in [0.3, 0.4) is 0 Å². The van der Waals surface area contributed by atoms with Crippen LogP contribution in [0.2, 0.25) is 0 Å².